The minimum absolute atomic E-state index is 0.222. The van der Waals surface area contributed by atoms with Crippen molar-refractivity contribution in [2.75, 3.05) is 13.7 Å². The van der Waals surface area contributed by atoms with Crippen LogP contribution in [0.25, 0.3) is 0 Å². The summed E-state index contributed by atoms with van der Waals surface area (Å²) in [6.45, 7) is 2.93. The predicted molar refractivity (Wildman–Crippen MR) is 123 cm³/mol. The van der Waals surface area contributed by atoms with E-state index in [4.69, 9.17) is 14.2 Å². The summed E-state index contributed by atoms with van der Waals surface area (Å²) >= 11 is 2.18. The first-order chi connectivity index (χ1) is 14.1. The van der Waals surface area contributed by atoms with Crippen LogP contribution in [0.4, 0.5) is 0 Å². The Hall–Kier alpha value is -1.31. The fraction of sp³-hybridized carbons (Fsp3) is 0.652. The van der Waals surface area contributed by atoms with Crippen molar-refractivity contribution >= 4 is 34.5 Å². The summed E-state index contributed by atoms with van der Waals surface area (Å²) < 4.78 is 16.7. The average molecular weight is 518 g/mol. The standard InChI is InChI=1S/C23H35IO5/c1-3-4-5-6-7-8-9-10-16-28-22(25)12-11-13-23(26)29-18-19-14-15-21(27-2)20(24)17-19/h14-15,17H,3-13,16,18H2,1-2H3. The van der Waals surface area contributed by atoms with Gasteiger partial charge in [-0.05, 0) is 53.1 Å². The van der Waals surface area contributed by atoms with Crippen molar-refractivity contribution in [2.45, 2.75) is 84.2 Å². The third kappa shape index (κ3) is 12.8. The van der Waals surface area contributed by atoms with Gasteiger partial charge in [-0.3, -0.25) is 9.59 Å². The second-order valence-corrected chi connectivity index (χ2v) is 8.34. The SMILES string of the molecule is CCCCCCCCCCOC(=O)CCCC(=O)OCc1ccc(OC)c(I)c1. The number of carbonyl (C=O) groups is 2. The molecule has 0 bridgehead atoms. The molecule has 1 aromatic carbocycles. The average Bonchev–Trinajstić information content (AvgIpc) is 2.71. The number of carbonyl (C=O) groups excluding carboxylic acids is 2. The molecule has 0 aliphatic heterocycles. The topological polar surface area (TPSA) is 61.8 Å². The molecule has 1 rings (SSSR count). The van der Waals surface area contributed by atoms with Gasteiger partial charge in [-0.2, -0.15) is 0 Å². The van der Waals surface area contributed by atoms with Crippen molar-refractivity contribution in [2.24, 2.45) is 0 Å². The van der Waals surface area contributed by atoms with Gasteiger partial charge in [0.05, 0.1) is 17.3 Å². The Kier molecular flexibility index (Phi) is 14.6. The van der Waals surface area contributed by atoms with Crippen LogP contribution in [0.1, 0.15) is 83.1 Å². The second-order valence-electron chi connectivity index (χ2n) is 7.18. The number of ether oxygens (including phenoxy) is 3. The molecular formula is C23H35IO5. The highest BCUT2D eigenvalue weighted by Gasteiger charge is 2.08. The van der Waals surface area contributed by atoms with Crippen LogP contribution in [0.2, 0.25) is 0 Å². The number of rotatable bonds is 16. The molecule has 0 radical (unpaired) electrons. The Morgan fingerprint density at radius 2 is 1.48 bits per heavy atom. The monoisotopic (exact) mass is 518 g/mol. The maximum Gasteiger partial charge on any atom is 0.306 e. The number of hydrogen-bond acceptors (Lipinski definition) is 5. The summed E-state index contributed by atoms with van der Waals surface area (Å²) in [4.78, 5) is 23.6. The highest BCUT2D eigenvalue weighted by molar-refractivity contribution is 14.1. The van der Waals surface area contributed by atoms with Gasteiger partial charge < -0.3 is 14.2 Å². The van der Waals surface area contributed by atoms with Crippen molar-refractivity contribution in [1.29, 1.82) is 0 Å². The molecule has 0 heterocycles. The third-order valence-electron chi connectivity index (χ3n) is 4.64. The number of methoxy groups -OCH3 is 1. The summed E-state index contributed by atoms with van der Waals surface area (Å²) in [5.74, 6) is 0.267. The lowest BCUT2D eigenvalue weighted by Gasteiger charge is -2.08. The van der Waals surface area contributed by atoms with Gasteiger partial charge in [0.15, 0.2) is 0 Å². The van der Waals surface area contributed by atoms with Gasteiger partial charge in [-0.1, -0.05) is 57.9 Å². The Labute approximate surface area is 189 Å². The molecule has 0 N–H and O–H groups in total. The van der Waals surface area contributed by atoms with E-state index in [0.29, 0.717) is 13.0 Å². The predicted octanol–water partition coefficient (Wildman–Crippen LogP) is 6.20. The lowest BCUT2D eigenvalue weighted by Crippen LogP contribution is -2.09. The molecule has 0 amide bonds. The highest BCUT2D eigenvalue weighted by Crippen LogP contribution is 2.22. The minimum Gasteiger partial charge on any atom is -0.496 e. The molecule has 0 spiro atoms. The molecule has 0 aromatic heterocycles. The molecule has 5 nitrogen and oxygen atoms in total. The van der Waals surface area contributed by atoms with E-state index in [1.54, 1.807) is 7.11 Å². The first-order valence-corrected chi connectivity index (χ1v) is 11.8. The van der Waals surface area contributed by atoms with Gasteiger partial charge in [0.2, 0.25) is 0 Å². The van der Waals surface area contributed by atoms with Gasteiger partial charge >= 0.3 is 11.9 Å². The van der Waals surface area contributed by atoms with Crippen LogP contribution < -0.4 is 4.74 Å². The maximum absolute atomic E-state index is 11.8. The molecule has 6 heteroatoms. The van der Waals surface area contributed by atoms with Gasteiger partial charge in [-0.15, -0.1) is 0 Å². The van der Waals surface area contributed by atoms with Gasteiger partial charge in [-0.25, -0.2) is 0 Å². The zero-order chi connectivity index (χ0) is 21.3. The fourth-order valence-corrected chi connectivity index (χ4v) is 3.71. The number of benzene rings is 1. The fourth-order valence-electron chi connectivity index (χ4n) is 2.91. The van der Waals surface area contributed by atoms with Crippen LogP contribution in [0.3, 0.4) is 0 Å². The smallest absolute Gasteiger partial charge is 0.306 e. The summed E-state index contributed by atoms with van der Waals surface area (Å²) in [6, 6.07) is 5.65. The van der Waals surface area contributed by atoms with Crippen molar-refractivity contribution in [3.8, 4) is 5.75 Å². The molecule has 0 aliphatic carbocycles. The molecule has 0 unspecified atom stereocenters. The van der Waals surface area contributed by atoms with E-state index in [2.05, 4.69) is 29.5 Å². The molecule has 0 aliphatic rings. The lowest BCUT2D eigenvalue weighted by molar-refractivity contribution is -0.146. The summed E-state index contributed by atoms with van der Waals surface area (Å²) in [6.07, 6.45) is 10.7. The number of esters is 2. The number of halogens is 1. The van der Waals surface area contributed by atoms with Crippen LogP contribution in [0.5, 0.6) is 5.75 Å². The van der Waals surface area contributed by atoms with Crippen molar-refractivity contribution in [1.82, 2.24) is 0 Å². The van der Waals surface area contributed by atoms with Gasteiger partial charge in [0.25, 0.3) is 0 Å². The van der Waals surface area contributed by atoms with Gasteiger partial charge in [0.1, 0.15) is 12.4 Å². The van der Waals surface area contributed by atoms with Crippen LogP contribution >= 0.6 is 22.6 Å². The van der Waals surface area contributed by atoms with Crippen LogP contribution in [0, 0.1) is 3.57 Å². The van der Waals surface area contributed by atoms with E-state index in [1.165, 1.54) is 38.5 Å². The molecule has 1 aromatic rings. The highest BCUT2D eigenvalue weighted by atomic mass is 127. The van der Waals surface area contributed by atoms with Crippen molar-refractivity contribution in [3.05, 3.63) is 27.3 Å². The summed E-state index contributed by atoms with van der Waals surface area (Å²) in [5.41, 5.74) is 0.910. The van der Waals surface area contributed by atoms with E-state index >= 15 is 0 Å². The molecular weight excluding hydrogens is 483 g/mol. The lowest BCUT2D eigenvalue weighted by atomic mass is 10.1. The van der Waals surface area contributed by atoms with Gasteiger partial charge in [0, 0.05) is 12.8 Å². The van der Waals surface area contributed by atoms with Crippen LogP contribution in [-0.2, 0) is 25.7 Å². The normalized spacial score (nSPS) is 10.6. The molecule has 0 saturated heterocycles. The Balaban J connectivity index is 2.02. The Morgan fingerprint density at radius 1 is 0.862 bits per heavy atom. The van der Waals surface area contributed by atoms with E-state index in [0.717, 1.165) is 27.7 Å². The van der Waals surface area contributed by atoms with E-state index < -0.39 is 0 Å². The third-order valence-corrected chi connectivity index (χ3v) is 5.48. The largest absolute Gasteiger partial charge is 0.496 e. The first-order valence-electron chi connectivity index (χ1n) is 10.7. The minimum atomic E-state index is -0.299. The van der Waals surface area contributed by atoms with E-state index in [-0.39, 0.29) is 31.4 Å². The molecule has 0 fully saturated rings. The molecule has 29 heavy (non-hydrogen) atoms. The quantitative estimate of drug-likeness (QED) is 0.148. The zero-order valence-electron chi connectivity index (χ0n) is 17.8. The van der Waals surface area contributed by atoms with Crippen molar-refractivity contribution < 1.29 is 23.8 Å². The van der Waals surface area contributed by atoms with E-state index in [1.807, 2.05) is 18.2 Å². The zero-order valence-corrected chi connectivity index (χ0v) is 20.0. The van der Waals surface area contributed by atoms with Crippen LogP contribution in [0.15, 0.2) is 18.2 Å². The Morgan fingerprint density at radius 3 is 2.10 bits per heavy atom. The maximum atomic E-state index is 11.8. The summed E-state index contributed by atoms with van der Waals surface area (Å²) in [5, 5.41) is 0. The first kappa shape index (κ1) is 25.7. The number of unbranched alkanes of at least 4 members (excludes halogenated alkanes) is 7. The number of hydrogen-bond donors (Lipinski definition) is 0. The molecule has 0 saturated carbocycles. The molecule has 164 valence electrons. The van der Waals surface area contributed by atoms with E-state index in [9.17, 15) is 9.59 Å². The van der Waals surface area contributed by atoms with Crippen LogP contribution in [-0.4, -0.2) is 25.7 Å². The summed E-state index contributed by atoms with van der Waals surface area (Å²) in [7, 11) is 1.62. The molecule has 0 atom stereocenters. The second kappa shape index (κ2) is 16.5. The van der Waals surface area contributed by atoms with Crippen molar-refractivity contribution in [3.63, 3.8) is 0 Å². The Bertz CT molecular complexity index is 603.